The number of nitrogens with zero attached hydrogens (tertiary/aromatic N) is 5. The Labute approximate surface area is 653 Å². The number of thiophene rings is 1. The van der Waals surface area contributed by atoms with Gasteiger partial charge in [-0.2, -0.15) is 9.97 Å². The molecule has 0 unspecified atom stereocenters. The fourth-order valence-electron chi connectivity index (χ4n) is 13.6. The van der Waals surface area contributed by atoms with Gasteiger partial charge in [0.1, 0.15) is 11.2 Å². The maximum absolute atomic E-state index is 5.89. The average molecular weight is 1460 g/mol. The average Bonchev–Trinajstić information content (AvgIpc) is 1.73. The zero-order valence-corrected chi connectivity index (χ0v) is 61.7. The molecule has 20 aromatic rings. The molecule has 20 rings (SSSR count). The van der Waals surface area contributed by atoms with Gasteiger partial charge in [0.05, 0.1) is 17.6 Å². The van der Waals surface area contributed by atoms with Crippen LogP contribution in [0.4, 0.5) is 45.8 Å². The highest BCUT2D eigenvalue weighted by atomic mass is 32.1. The molecular weight excluding hydrogens is 1390 g/mol. The number of aromatic nitrogens is 5. The van der Waals surface area contributed by atoms with E-state index >= 15 is 0 Å². The van der Waals surface area contributed by atoms with E-state index in [0.29, 0.717) is 23.4 Å². The number of benzene rings is 16. The van der Waals surface area contributed by atoms with Crippen LogP contribution in [0.15, 0.2) is 423 Å². The Kier molecular flexibility index (Phi) is 21.0. The first-order chi connectivity index (χ1) is 55.5. The molecule has 4 aromatic heterocycles. The van der Waals surface area contributed by atoms with Crippen LogP contribution in [-0.4, -0.2) is 24.9 Å². The maximum Gasteiger partial charge on any atom is 0.231 e. The molecule has 112 heavy (non-hydrogen) atoms. The lowest BCUT2D eigenvalue weighted by Crippen LogP contribution is -2.03. The van der Waals surface area contributed by atoms with E-state index in [4.69, 9.17) is 14.4 Å². The van der Waals surface area contributed by atoms with Gasteiger partial charge in [-0.25, -0.2) is 15.0 Å². The van der Waals surface area contributed by atoms with Crippen LogP contribution in [0.1, 0.15) is 0 Å². The Morgan fingerprint density at radius 2 is 0.607 bits per heavy atom. The number of nitrogens with one attached hydrogen (secondary N) is 4. The summed E-state index contributed by atoms with van der Waals surface area (Å²) in [5, 5.41) is 21.4. The molecule has 4 heterocycles. The van der Waals surface area contributed by atoms with Crippen molar-refractivity contribution < 1.29 is 4.42 Å². The van der Waals surface area contributed by atoms with Crippen LogP contribution in [-0.2, 0) is 0 Å². The minimum absolute atomic E-state index is 0.514. The molecule has 0 aliphatic heterocycles. The predicted molar refractivity (Wildman–Crippen MR) is 469 cm³/mol. The van der Waals surface area contributed by atoms with Crippen molar-refractivity contribution in [2.75, 3.05) is 21.3 Å². The van der Waals surface area contributed by atoms with E-state index in [0.717, 1.165) is 95.3 Å². The topological polar surface area (TPSA) is 126 Å². The van der Waals surface area contributed by atoms with E-state index < -0.39 is 0 Å². The van der Waals surface area contributed by atoms with Crippen LogP contribution in [0, 0.1) is 0 Å². The molecule has 4 N–H and O–H groups in total. The Balaban J connectivity index is 0.000000109. The molecule has 0 saturated carbocycles. The van der Waals surface area contributed by atoms with Gasteiger partial charge in [0.25, 0.3) is 0 Å². The van der Waals surface area contributed by atoms with Crippen LogP contribution in [0.2, 0.25) is 0 Å². The first-order valence-corrected chi connectivity index (χ1v) is 38.0. The summed E-state index contributed by atoms with van der Waals surface area (Å²) in [4.78, 5) is 23.6. The van der Waals surface area contributed by atoms with Gasteiger partial charge in [-0.1, -0.05) is 322 Å². The van der Waals surface area contributed by atoms with Crippen LogP contribution < -0.4 is 21.3 Å². The molecule has 16 aromatic carbocycles. The Bertz CT molecular complexity index is 6450. The zero-order chi connectivity index (χ0) is 75.0. The van der Waals surface area contributed by atoms with E-state index in [2.05, 4.69) is 273 Å². The summed E-state index contributed by atoms with van der Waals surface area (Å²) >= 11 is 1.85. The Morgan fingerprint density at radius 1 is 0.223 bits per heavy atom. The monoisotopic (exact) mass is 1460 g/mol. The minimum atomic E-state index is 0.514. The molecule has 0 amide bonds. The summed E-state index contributed by atoms with van der Waals surface area (Å²) in [6, 6.07) is 141. The molecule has 11 heteroatoms. The van der Waals surface area contributed by atoms with Gasteiger partial charge in [0.2, 0.25) is 5.95 Å². The number of hydrogen-bond acceptors (Lipinski definition) is 11. The van der Waals surface area contributed by atoms with Crippen molar-refractivity contribution in [3.05, 3.63) is 419 Å². The second kappa shape index (κ2) is 33.5. The van der Waals surface area contributed by atoms with Crippen molar-refractivity contribution in [3.8, 4) is 78.8 Å². The van der Waals surface area contributed by atoms with Crippen molar-refractivity contribution in [3.63, 3.8) is 0 Å². The van der Waals surface area contributed by atoms with Crippen molar-refractivity contribution in [1.82, 2.24) is 24.9 Å². The molecular formula is C101H73N9OS. The summed E-state index contributed by atoms with van der Waals surface area (Å²) in [6.07, 6.45) is 1.86. The lowest BCUT2D eigenvalue weighted by molar-refractivity contribution is 0.669. The summed E-state index contributed by atoms with van der Waals surface area (Å²) in [7, 11) is 0. The van der Waals surface area contributed by atoms with Crippen LogP contribution in [0.5, 0.6) is 0 Å². The number of rotatable bonds is 15. The highest BCUT2D eigenvalue weighted by Crippen LogP contribution is 2.39. The number of para-hydroxylation sites is 1. The van der Waals surface area contributed by atoms with Gasteiger partial charge in [0.15, 0.2) is 17.5 Å². The lowest BCUT2D eigenvalue weighted by Gasteiger charge is -2.13. The molecule has 0 spiro atoms. The summed E-state index contributed by atoms with van der Waals surface area (Å²) in [5.41, 5.74) is 21.0. The first-order valence-electron chi connectivity index (χ1n) is 37.2. The molecule has 0 atom stereocenters. The molecule has 0 aliphatic carbocycles. The summed E-state index contributed by atoms with van der Waals surface area (Å²) in [6.45, 7) is 0. The fraction of sp³-hybridized carbons (Fsp3) is 0. The maximum atomic E-state index is 5.89. The Hall–Kier alpha value is -14.9. The number of fused-ring (bicyclic) bond motifs is 7. The lowest BCUT2D eigenvalue weighted by atomic mass is 10.1. The minimum Gasteiger partial charge on any atom is -0.456 e. The van der Waals surface area contributed by atoms with Gasteiger partial charge < -0.3 is 25.7 Å². The smallest absolute Gasteiger partial charge is 0.231 e. The van der Waals surface area contributed by atoms with Gasteiger partial charge >= 0.3 is 0 Å². The highest BCUT2D eigenvalue weighted by molar-refractivity contribution is 7.25. The SMILES string of the molecule is c1ccc(-c2ccc(Nc3ccc4oc5ccccc5c4c3)cc2)cc1.c1ccc(-c2ccc(Nc3cnc(-c4ccccc4)nc3-c3ccccc3)cc2)cc1.c1ccc(-c2ccc(Nc3nc(-c4ccccc4)nc(-c4ccccc4)n3)cc2)cc1.c1ccc2c(Nc3ccc4sc5ccccc5c4c3)cccc2c1. The molecule has 10 nitrogen and oxygen atoms in total. The van der Waals surface area contributed by atoms with E-state index in [-0.39, 0.29) is 0 Å². The predicted octanol–water partition coefficient (Wildman–Crippen LogP) is 27.8. The third-order valence-electron chi connectivity index (χ3n) is 19.2. The second-order valence-corrected chi connectivity index (χ2v) is 27.8. The van der Waals surface area contributed by atoms with Gasteiger partial charge in [-0.3, -0.25) is 0 Å². The van der Waals surface area contributed by atoms with Crippen molar-refractivity contribution >= 4 is 110 Å². The molecule has 534 valence electrons. The van der Waals surface area contributed by atoms with E-state index in [9.17, 15) is 0 Å². The number of hydrogen-bond donors (Lipinski definition) is 4. The molecule has 0 fully saturated rings. The summed E-state index contributed by atoms with van der Waals surface area (Å²) in [5.74, 6) is 2.50. The van der Waals surface area contributed by atoms with Crippen LogP contribution >= 0.6 is 11.3 Å². The Morgan fingerprint density at radius 3 is 1.17 bits per heavy atom. The first kappa shape index (κ1) is 70.1. The molecule has 0 saturated heterocycles. The normalized spacial score (nSPS) is 10.9. The number of furan rings is 1. The fourth-order valence-corrected chi connectivity index (χ4v) is 14.6. The van der Waals surface area contributed by atoms with Crippen LogP contribution in [0.25, 0.3) is 132 Å². The van der Waals surface area contributed by atoms with Crippen molar-refractivity contribution in [2.24, 2.45) is 0 Å². The van der Waals surface area contributed by atoms with Crippen molar-refractivity contribution in [1.29, 1.82) is 0 Å². The van der Waals surface area contributed by atoms with E-state index in [1.165, 1.54) is 58.8 Å². The van der Waals surface area contributed by atoms with Gasteiger partial charge in [-0.05, 0) is 130 Å². The standard InChI is InChI=1S/C28H21N3.C27H20N4.C24H17NO.C22H15NS/c1-4-10-21(11-5-1)22-16-18-25(19-17-22)30-26-20-29-28(24-14-8-3-9-15-24)31-27(26)23-12-6-2-7-13-23;1-4-10-20(11-5-1)21-16-18-24(19-17-21)28-27-30-25(22-12-6-2-7-13-22)29-26(31-27)23-14-8-3-9-15-23;1-2-6-17(7-3-1)18-10-12-19(13-11-18)25-20-14-15-24-22(16-20)21-8-4-5-9-23(21)26-24;1-2-8-17-15(6-1)7-5-10-20(17)23-16-12-13-22-19(14-16)18-9-3-4-11-21(18)24-22/h1-20,30H;1-19H,(H,28,29,30,31);1-16,25H;1-14,23H. The van der Waals surface area contributed by atoms with Crippen LogP contribution in [0.3, 0.4) is 0 Å². The van der Waals surface area contributed by atoms with Gasteiger partial charge in [-0.15, -0.1) is 11.3 Å². The van der Waals surface area contributed by atoms with Crippen molar-refractivity contribution in [2.45, 2.75) is 0 Å². The molecule has 0 radical (unpaired) electrons. The molecule has 0 aliphatic rings. The van der Waals surface area contributed by atoms with E-state index in [1.807, 2.05) is 193 Å². The van der Waals surface area contributed by atoms with E-state index in [1.54, 1.807) is 0 Å². The highest BCUT2D eigenvalue weighted by Gasteiger charge is 2.16. The summed E-state index contributed by atoms with van der Waals surface area (Å²) < 4.78 is 8.57. The zero-order valence-electron chi connectivity index (χ0n) is 60.9. The third-order valence-corrected chi connectivity index (χ3v) is 20.3. The molecule has 0 bridgehead atoms. The quantitative estimate of drug-likeness (QED) is 0.0788. The second-order valence-electron chi connectivity index (χ2n) is 26.7. The largest absolute Gasteiger partial charge is 0.456 e. The van der Waals surface area contributed by atoms with Gasteiger partial charge in [0, 0.05) is 92.7 Å². The number of anilines is 8. The third kappa shape index (κ3) is 16.6.